The Hall–Kier alpha value is -1.02. The molecule has 0 heterocycles. The molecule has 0 aliphatic rings. The number of ether oxygens (including phenoxy) is 1. The summed E-state index contributed by atoms with van der Waals surface area (Å²) in [4.78, 5) is 11.2. The highest BCUT2D eigenvalue weighted by Gasteiger charge is 2.41. The highest BCUT2D eigenvalue weighted by atomic mass is 19.4. The lowest BCUT2D eigenvalue weighted by Crippen LogP contribution is -2.45. The van der Waals surface area contributed by atoms with Gasteiger partial charge in [-0.2, -0.15) is 13.2 Å². The number of rotatable bonds is 5. The molecule has 0 aliphatic heterocycles. The topological polar surface area (TPSA) is 84.6 Å². The predicted molar refractivity (Wildman–Crippen MR) is 63.5 cm³/mol. The minimum atomic E-state index is -4.72. The van der Waals surface area contributed by atoms with E-state index < -0.39 is 30.0 Å². The molecule has 1 amide bonds. The number of nitrogens with one attached hydrogen (secondary N) is 1. The average molecular weight is 286 g/mol. The van der Waals surface area contributed by atoms with Gasteiger partial charge in [-0.05, 0) is 33.6 Å². The van der Waals surface area contributed by atoms with Crippen LogP contribution in [0.25, 0.3) is 0 Å². The Labute approximate surface area is 110 Å². The molecule has 19 heavy (non-hydrogen) atoms. The average Bonchev–Trinajstić information content (AvgIpc) is 2.19. The van der Waals surface area contributed by atoms with Crippen molar-refractivity contribution in [3.63, 3.8) is 0 Å². The standard InChI is InChI=1S/C11H21F3N2O3/c1-10(2,3)19-9(18)16-6-4-5-7(15)8(17)11(12,13)14/h7-8,17H,4-6,15H2,1-3H3,(H,16,18)/t7-,8+/m0/s1. The summed E-state index contributed by atoms with van der Waals surface area (Å²) >= 11 is 0. The number of alkyl halides is 3. The molecule has 2 atom stereocenters. The van der Waals surface area contributed by atoms with E-state index in [0.29, 0.717) is 0 Å². The molecule has 5 nitrogen and oxygen atoms in total. The van der Waals surface area contributed by atoms with Gasteiger partial charge in [0.1, 0.15) is 5.60 Å². The third-order valence-corrected chi connectivity index (χ3v) is 2.12. The summed E-state index contributed by atoms with van der Waals surface area (Å²) in [6.07, 6.45) is -7.76. The predicted octanol–water partition coefficient (Wildman–Crippen LogP) is 1.54. The van der Waals surface area contributed by atoms with Gasteiger partial charge in [0.05, 0.1) is 0 Å². The monoisotopic (exact) mass is 286 g/mol. The van der Waals surface area contributed by atoms with Gasteiger partial charge in [-0.15, -0.1) is 0 Å². The molecule has 0 fully saturated rings. The number of halogens is 3. The van der Waals surface area contributed by atoms with E-state index in [4.69, 9.17) is 15.6 Å². The van der Waals surface area contributed by atoms with Crippen molar-refractivity contribution >= 4 is 6.09 Å². The Bertz CT molecular complexity index is 290. The third-order valence-electron chi connectivity index (χ3n) is 2.12. The SMILES string of the molecule is CC(C)(C)OC(=O)NCCC[C@H](N)[C@@H](O)C(F)(F)F. The van der Waals surface area contributed by atoms with Crippen LogP contribution in [0.15, 0.2) is 0 Å². The number of aliphatic hydroxyl groups excluding tert-OH is 1. The van der Waals surface area contributed by atoms with Crippen LogP contribution in [0.3, 0.4) is 0 Å². The minimum Gasteiger partial charge on any atom is -0.444 e. The molecule has 0 aromatic heterocycles. The molecule has 0 saturated heterocycles. The van der Waals surface area contributed by atoms with Crippen molar-refractivity contribution in [3.8, 4) is 0 Å². The van der Waals surface area contributed by atoms with E-state index in [-0.39, 0.29) is 19.4 Å². The Morgan fingerprint density at radius 3 is 2.32 bits per heavy atom. The van der Waals surface area contributed by atoms with Gasteiger partial charge < -0.3 is 20.9 Å². The zero-order chi connectivity index (χ0) is 15.3. The van der Waals surface area contributed by atoms with Crippen LogP contribution in [0.4, 0.5) is 18.0 Å². The van der Waals surface area contributed by atoms with E-state index in [1.54, 1.807) is 20.8 Å². The van der Waals surface area contributed by atoms with Gasteiger partial charge in [-0.1, -0.05) is 0 Å². The molecule has 0 radical (unpaired) electrons. The van der Waals surface area contributed by atoms with Gasteiger partial charge in [-0.3, -0.25) is 0 Å². The normalized spacial score (nSPS) is 15.8. The lowest BCUT2D eigenvalue weighted by atomic mass is 10.1. The van der Waals surface area contributed by atoms with E-state index in [0.717, 1.165) is 0 Å². The van der Waals surface area contributed by atoms with Gasteiger partial charge in [0.25, 0.3) is 0 Å². The fraction of sp³-hybridized carbons (Fsp3) is 0.909. The zero-order valence-electron chi connectivity index (χ0n) is 11.3. The van der Waals surface area contributed by atoms with Crippen LogP contribution in [-0.4, -0.2) is 41.7 Å². The molecular weight excluding hydrogens is 265 g/mol. The Morgan fingerprint density at radius 2 is 1.89 bits per heavy atom. The van der Waals surface area contributed by atoms with E-state index in [9.17, 15) is 18.0 Å². The fourth-order valence-corrected chi connectivity index (χ4v) is 1.24. The van der Waals surface area contributed by atoms with Crippen LogP contribution < -0.4 is 11.1 Å². The second-order valence-corrected chi connectivity index (χ2v) is 5.22. The molecule has 0 saturated carbocycles. The number of nitrogens with two attached hydrogens (primary N) is 1. The molecule has 4 N–H and O–H groups in total. The molecule has 0 unspecified atom stereocenters. The van der Waals surface area contributed by atoms with Crippen LogP contribution in [0.2, 0.25) is 0 Å². The molecular formula is C11H21F3N2O3. The van der Waals surface area contributed by atoms with Crippen molar-refractivity contribution in [3.05, 3.63) is 0 Å². The Kier molecular flexibility index (Phi) is 6.58. The van der Waals surface area contributed by atoms with Gasteiger partial charge in [0.2, 0.25) is 0 Å². The number of hydrogen-bond donors (Lipinski definition) is 3. The molecule has 0 rings (SSSR count). The summed E-state index contributed by atoms with van der Waals surface area (Å²) in [5, 5.41) is 11.2. The van der Waals surface area contributed by atoms with Crippen molar-refractivity contribution < 1.29 is 27.8 Å². The highest BCUT2D eigenvalue weighted by Crippen LogP contribution is 2.23. The number of carbonyl (C=O) groups excluding carboxylic acids is 1. The van der Waals surface area contributed by atoms with E-state index in [1.807, 2.05) is 0 Å². The molecule has 0 bridgehead atoms. The molecule has 0 aromatic carbocycles. The number of amides is 1. The van der Waals surface area contributed by atoms with E-state index in [1.165, 1.54) is 0 Å². The van der Waals surface area contributed by atoms with Crippen molar-refractivity contribution in [1.29, 1.82) is 0 Å². The van der Waals surface area contributed by atoms with Crippen LogP contribution in [-0.2, 0) is 4.74 Å². The summed E-state index contributed by atoms with van der Waals surface area (Å²) in [6, 6.07) is -1.40. The molecule has 0 aliphatic carbocycles. The maximum absolute atomic E-state index is 12.1. The third kappa shape index (κ3) is 8.66. The number of aliphatic hydroxyl groups is 1. The molecule has 8 heteroatoms. The van der Waals surface area contributed by atoms with Crippen LogP contribution in [0.5, 0.6) is 0 Å². The highest BCUT2D eigenvalue weighted by molar-refractivity contribution is 5.67. The summed E-state index contributed by atoms with van der Waals surface area (Å²) < 4.78 is 41.2. The Balaban J connectivity index is 3.84. The largest absolute Gasteiger partial charge is 0.444 e. The summed E-state index contributed by atoms with van der Waals surface area (Å²) in [5.41, 5.74) is 4.58. The van der Waals surface area contributed by atoms with Gasteiger partial charge >= 0.3 is 12.3 Å². The first-order valence-electron chi connectivity index (χ1n) is 5.90. The second-order valence-electron chi connectivity index (χ2n) is 5.22. The van der Waals surface area contributed by atoms with Crippen molar-refractivity contribution in [2.45, 2.75) is 57.5 Å². The smallest absolute Gasteiger partial charge is 0.415 e. The zero-order valence-corrected chi connectivity index (χ0v) is 11.3. The van der Waals surface area contributed by atoms with Crippen molar-refractivity contribution in [2.75, 3.05) is 6.54 Å². The van der Waals surface area contributed by atoms with Crippen LogP contribution >= 0.6 is 0 Å². The first-order valence-corrected chi connectivity index (χ1v) is 5.90. The van der Waals surface area contributed by atoms with Crippen LogP contribution in [0.1, 0.15) is 33.6 Å². The fourth-order valence-electron chi connectivity index (χ4n) is 1.24. The van der Waals surface area contributed by atoms with E-state index >= 15 is 0 Å². The summed E-state index contributed by atoms with van der Waals surface area (Å²) in [6.45, 7) is 5.22. The number of alkyl carbamates (subject to hydrolysis) is 1. The molecule has 0 spiro atoms. The van der Waals surface area contributed by atoms with E-state index in [2.05, 4.69) is 5.32 Å². The summed E-state index contributed by atoms with van der Waals surface area (Å²) in [7, 11) is 0. The van der Waals surface area contributed by atoms with Gasteiger partial charge in [0.15, 0.2) is 6.10 Å². The van der Waals surface area contributed by atoms with Crippen molar-refractivity contribution in [1.82, 2.24) is 5.32 Å². The lowest BCUT2D eigenvalue weighted by Gasteiger charge is -2.22. The molecule has 0 aromatic rings. The van der Waals surface area contributed by atoms with Gasteiger partial charge in [-0.25, -0.2) is 4.79 Å². The second kappa shape index (κ2) is 6.95. The maximum Gasteiger partial charge on any atom is 0.415 e. The Morgan fingerprint density at radius 1 is 1.37 bits per heavy atom. The van der Waals surface area contributed by atoms with Crippen molar-refractivity contribution in [2.24, 2.45) is 5.73 Å². The summed E-state index contributed by atoms with van der Waals surface area (Å²) in [5.74, 6) is 0. The first-order chi connectivity index (χ1) is 8.43. The number of carbonyl (C=O) groups is 1. The van der Waals surface area contributed by atoms with Gasteiger partial charge in [0, 0.05) is 12.6 Å². The minimum absolute atomic E-state index is 0.0591. The van der Waals surface area contributed by atoms with Crippen LogP contribution in [0, 0.1) is 0 Å². The number of hydrogen-bond acceptors (Lipinski definition) is 4. The lowest BCUT2D eigenvalue weighted by molar-refractivity contribution is -0.209. The quantitative estimate of drug-likeness (QED) is 0.669. The molecule has 114 valence electrons. The first kappa shape index (κ1) is 18.0. The maximum atomic E-state index is 12.1.